The van der Waals surface area contributed by atoms with Gasteiger partial charge in [-0.25, -0.2) is 9.59 Å². The number of hydrogen-bond acceptors (Lipinski definition) is 5. The van der Waals surface area contributed by atoms with Gasteiger partial charge in [0.25, 0.3) is 6.47 Å². The summed E-state index contributed by atoms with van der Waals surface area (Å²) in [6, 6.07) is 4.34. The fraction of sp³-hybridized carbons (Fsp3) is 0. The summed E-state index contributed by atoms with van der Waals surface area (Å²) in [6.45, 7) is 0.186. The van der Waals surface area contributed by atoms with Crippen LogP contribution in [0.5, 0.6) is 5.75 Å². The van der Waals surface area contributed by atoms with Crippen LogP contribution in [0.4, 0.5) is 0 Å². The molecular weight excluding hydrogens is 188 g/mol. The average molecular weight is 192 g/mol. The third kappa shape index (κ3) is 1.06. The Balaban J connectivity index is 2.61. The molecule has 0 bridgehead atoms. The second kappa shape index (κ2) is 2.95. The van der Waals surface area contributed by atoms with E-state index in [0.717, 1.165) is 0 Å². The van der Waals surface area contributed by atoms with E-state index in [1.54, 1.807) is 0 Å². The van der Waals surface area contributed by atoms with Crippen molar-refractivity contribution >= 4 is 18.4 Å². The zero-order valence-corrected chi connectivity index (χ0v) is 6.85. The van der Waals surface area contributed by atoms with Crippen LogP contribution in [0.25, 0.3) is 0 Å². The molecule has 0 saturated heterocycles. The monoisotopic (exact) mass is 192 g/mol. The summed E-state index contributed by atoms with van der Waals surface area (Å²) in [5.74, 6) is -1.47. The molecule has 14 heavy (non-hydrogen) atoms. The second-order valence-corrected chi connectivity index (χ2v) is 2.57. The number of esters is 2. The first kappa shape index (κ1) is 8.43. The van der Waals surface area contributed by atoms with Crippen LogP contribution in [0.2, 0.25) is 0 Å². The SMILES string of the molecule is O=COc1cccc2c1C(=O)OC2=O. The van der Waals surface area contributed by atoms with Crippen LogP contribution in [-0.4, -0.2) is 18.4 Å². The molecule has 1 aliphatic heterocycles. The molecule has 70 valence electrons. The van der Waals surface area contributed by atoms with Crippen molar-refractivity contribution in [1.82, 2.24) is 0 Å². The van der Waals surface area contributed by atoms with E-state index in [0.29, 0.717) is 0 Å². The summed E-state index contributed by atoms with van der Waals surface area (Å²) in [4.78, 5) is 32.3. The number of cyclic esters (lactones) is 2. The summed E-state index contributed by atoms with van der Waals surface area (Å²) in [7, 11) is 0. The van der Waals surface area contributed by atoms with Gasteiger partial charge in [-0.05, 0) is 12.1 Å². The predicted molar refractivity (Wildman–Crippen MR) is 42.9 cm³/mol. The predicted octanol–water partition coefficient (Wildman–Crippen LogP) is 0.532. The minimum absolute atomic E-state index is 0.00426. The van der Waals surface area contributed by atoms with Crippen molar-refractivity contribution in [1.29, 1.82) is 0 Å². The van der Waals surface area contributed by atoms with Gasteiger partial charge >= 0.3 is 11.9 Å². The molecule has 2 rings (SSSR count). The van der Waals surface area contributed by atoms with Gasteiger partial charge in [-0.2, -0.15) is 0 Å². The van der Waals surface area contributed by atoms with E-state index in [9.17, 15) is 14.4 Å². The molecule has 0 saturated carbocycles. The van der Waals surface area contributed by atoms with E-state index in [4.69, 9.17) is 0 Å². The van der Waals surface area contributed by atoms with Gasteiger partial charge in [0, 0.05) is 0 Å². The Kier molecular flexibility index (Phi) is 1.78. The molecule has 1 aromatic carbocycles. The zero-order valence-electron chi connectivity index (χ0n) is 6.85. The second-order valence-electron chi connectivity index (χ2n) is 2.57. The third-order valence-corrected chi connectivity index (χ3v) is 1.81. The number of hydrogen-bond donors (Lipinski definition) is 0. The fourth-order valence-corrected chi connectivity index (χ4v) is 1.25. The summed E-state index contributed by atoms with van der Waals surface area (Å²) in [5, 5.41) is 0. The molecule has 5 heteroatoms. The molecule has 5 nitrogen and oxygen atoms in total. The van der Waals surface area contributed by atoms with Crippen LogP contribution < -0.4 is 4.74 Å². The molecular formula is C9H4O5. The lowest BCUT2D eigenvalue weighted by Gasteiger charge is -1.99. The molecule has 0 N–H and O–H groups in total. The van der Waals surface area contributed by atoms with Gasteiger partial charge in [0.15, 0.2) is 0 Å². The van der Waals surface area contributed by atoms with Gasteiger partial charge < -0.3 is 9.47 Å². The van der Waals surface area contributed by atoms with Crippen molar-refractivity contribution in [3.8, 4) is 5.75 Å². The molecule has 1 aliphatic rings. The first-order valence-electron chi connectivity index (χ1n) is 3.74. The highest BCUT2D eigenvalue weighted by atomic mass is 16.6. The maximum absolute atomic E-state index is 11.1. The molecule has 0 spiro atoms. The van der Waals surface area contributed by atoms with Gasteiger partial charge in [-0.15, -0.1) is 0 Å². The van der Waals surface area contributed by atoms with E-state index in [2.05, 4.69) is 9.47 Å². The summed E-state index contributed by atoms with van der Waals surface area (Å²) in [5.41, 5.74) is 0.124. The van der Waals surface area contributed by atoms with E-state index < -0.39 is 11.9 Å². The van der Waals surface area contributed by atoms with Crippen LogP contribution in [0, 0.1) is 0 Å². The van der Waals surface area contributed by atoms with Crippen molar-refractivity contribution in [2.24, 2.45) is 0 Å². The molecule has 0 fully saturated rings. The summed E-state index contributed by atoms with van der Waals surface area (Å²) in [6.07, 6.45) is 0. The Bertz CT molecular complexity index is 435. The Morgan fingerprint density at radius 3 is 2.71 bits per heavy atom. The Morgan fingerprint density at radius 1 is 1.21 bits per heavy atom. The van der Waals surface area contributed by atoms with E-state index in [1.165, 1.54) is 18.2 Å². The number of carbonyl (C=O) groups excluding carboxylic acids is 3. The number of carbonyl (C=O) groups is 3. The van der Waals surface area contributed by atoms with Crippen molar-refractivity contribution < 1.29 is 23.9 Å². The molecule has 1 aromatic rings. The average Bonchev–Trinajstić information content (AvgIpc) is 2.44. The molecule has 0 atom stereocenters. The standard InChI is InChI=1S/C9H4O5/c10-4-13-6-3-1-2-5-7(6)9(12)14-8(5)11/h1-4H. The minimum atomic E-state index is -0.789. The lowest BCUT2D eigenvalue weighted by molar-refractivity contribution is -0.120. The van der Waals surface area contributed by atoms with E-state index in [-0.39, 0.29) is 23.3 Å². The Hall–Kier alpha value is -2.17. The molecule has 0 unspecified atom stereocenters. The smallest absolute Gasteiger partial charge is 0.350 e. The van der Waals surface area contributed by atoms with Crippen molar-refractivity contribution in [3.63, 3.8) is 0 Å². The fourth-order valence-electron chi connectivity index (χ4n) is 1.25. The highest BCUT2D eigenvalue weighted by molar-refractivity contribution is 6.16. The molecule has 0 aliphatic carbocycles. The first-order chi connectivity index (χ1) is 6.74. The minimum Gasteiger partial charge on any atom is -0.428 e. The van der Waals surface area contributed by atoms with Gasteiger partial charge in [-0.1, -0.05) is 6.07 Å². The van der Waals surface area contributed by atoms with E-state index >= 15 is 0 Å². The van der Waals surface area contributed by atoms with Gasteiger partial charge in [-0.3, -0.25) is 4.79 Å². The maximum atomic E-state index is 11.1. The topological polar surface area (TPSA) is 69.7 Å². The number of benzene rings is 1. The highest BCUT2D eigenvalue weighted by Gasteiger charge is 2.32. The quantitative estimate of drug-likeness (QED) is 0.388. The number of rotatable bonds is 2. The summed E-state index contributed by atoms with van der Waals surface area (Å²) < 4.78 is 8.88. The largest absolute Gasteiger partial charge is 0.428 e. The van der Waals surface area contributed by atoms with Crippen LogP contribution in [0.15, 0.2) is 18.2 Å². The number of fused-ring (bicyclic) bond motifs is 1. The van der Waals surface area contributed by atoms with Crippen LogP contribution in [0.1, 0.15) is 20.7 Å². The Morgan fingerprint density at radius 2 is 2.00 bits per heavy atom. The Labute approximate surface area is 78.2 Å². The molecule has 0 aromatic heterocycles. The van der Waals surface area contributed by atoms with Crippen LogP contribution in [-0.2, 0) is 9.53 Å². The summed E-state index contributed by atoms with van der Waals surface area (Å²) >= 11 is 0. The highest BCUT2D eigenvalue weighted by Crippen LogP contribution is 2.28. The van der Waals surface area contributed by atoms with Crippen molar-refractivity contribution in [2.75, 3.05) is 0 Å². The molecule has 1 heterocycles. The van der Waals surface area contributed by atoms with E-state index in [1.807, 2.05) is 0 Å². The molecule has 0 radical (unpaired) electrons. The van der Waals surface area contributed by atoms with Gasteiger partial charge in [0.1, 0.15) is 11.3 Å². The van der Waals surface area contributed by atoms with Crippen LogP contribution in [0.3, 0.4) is 0 Å². The van der Waals surface area contributed by atoms with Crippen molar-refractivity contribution in [2.45, 2.75) is 0 Å². The van der Waals surface area contributed by atoms with Gasteiger partial charge in [0.2, 0.25) is 0 Å². The normalized spacial score (nSPS) is 13.4. The van der Waals surface area contributed by atoms with Crippen LogP contribution >= 0.6 is 0 Å². The molecule has 0 amide bonds. The lowest BCUT2D eigenvalue weighted by Crippen LogP contribution is -1.99. The first-order valence-corrected chi connectivity index (χ1v) is 3.74. The van der Waals surface area contributed by atoms with Gasteiger partial charge in [0.05, 0.1) is 5.56 Å². The number of ether oxygens (including phenoxy) is 2. The maximum Gasteiger partial charge on any atom is 0.350 e. The third-order valence-electron chi connectivity index (χ3n) is 1.81. The zero-order chi connectivity index (χ0) is 10.1. The van der Waals surface area contributed by atoms with Crippen molar-refractivity contribution in [3.05, 3.63) is 29.3 Å². The lowest BCUT2D eigenvalue weighted by atomic mass is 10.1.